The zero-order valence-corrected chi connectivity index (χ0v) is 12.4. The highest BCUT2D eigenvalue weighted by Crippen LogP contribution is 2.29. The van der Waals surface area contributed by atoms with Crippen molar-refractivity contribution < 1.29 is 13.9 Å². The smallest absolute Gasteiger partial charge is 0.229 e. The maximum atomic E-state index is 13.9. The van der Waals surface area contributed by atoms with E-state index in [1.54, 1.807) is 18.2 Å². The van der Waals surface area contributed by atoms with Crippen LogP contribution in [0.5, 0.6) is 5.75 Å². The molecule has 0 aliphatic heterocycles. The highest BCUT2D eigenvalue weighted by molar-refractivity contribution is 6.64. The fourth-order valence-corrected chi connectivity index (χ4v) is 2.45. The van der Waals surface area contributed by atoms with Crippen LogP contribution in [0.4, 0.5) is 4.39 Å². The summed E-state index contributed by atoms with van der Waals surface area (Å²) in [7, 11) is 0. The van der Waals surface area contributed by atoms with Crippen molar-refractivity contribution in [3.8, 4) is 5.75 Å². The highest BCUT2D eigenvalue weighted by atomic mass is 35.5. The molecular weight excluding hydrogens is 291 g/mol. The number of ether oxygens (including phenoxy) is 1. The molecule has 0 bridgehead atoms. The van der Waals surface area contributed by atoms with Gasteiger partial charge in [-0.3, -0.25) is 4.79 Å². The minimum Gasteiger partial charge on any atom is -0.494 e. The van der Waals surface area contributed by atoms with Crippen LogP contribution in [0.1, 0.15) is 24.0 Å². The van der Waals surface area contributed by atoms with Crippen molar-refractivity contribution in [3.63, 3.8) is 0 Å². The van der Waals surface area contributed by atoms with Gasteiger partial charge in [0.1, 0.15) is 11.6 Å². The van der Waals surface area contributed by atoms with Crippen molar-refractivity contribution in [1.82, 2.24) is 0 Å². The second-order valence-corrected chi connectivity index (χ2v) is 5.00. The summed E-state index contributed by atoms with van der Waals surface area (Å²) in [5.41, 5.74) is 1.14. The summed E-state index contributed by atoms with van der Waals surface area (Å²) in [6.07, 6.45) is 0.305. The number of benzene rings is 2. The summed E-state index contributed by atoms with van der Waals surface area (Å²) in [5.74, 6) is -0.459. The molecule has 0 aromatic heterocycles. The monoisotopic (exact) mass is 306 g/mol. The molecule has 21 heavy (non-hydrogen) atoms. The lowest BCUT2D eigenvalue weighted by Gasteiger charge is -2.16. The SMILES string of the molecule is CCOc1ccccc1CC(C(=O)Cl)c1ccccc1F. The lowest BCUT2D eigenvalue weighted by molar-refractivity contribution is -0.113. The van der Waals surface area contributed by atoms with E-state index in [1.165, 1.54) is 6.07 Å². The summed E-state index contributed by atoms with van der Waals surface area (Å²) in [6, 6.07) is 13.6. The van der Waals surface area contributed by atoms with Gasteiger partial charge in [0, 0.05) is 0 Å². The van der Waals surface area contributed by atoms with E-state index < -0.39 is 17.0 Å². The topological polar surface area (TPSA) is 26.3 Å². The fraction of sp³-hybridized carbons (Fsp3) is 0.235. The van der Waals surface area contributed by atoms with Gasteiger partial charge >= 0.3 is 0 Å². The number of carbonyl (C=O) groups excluding carboxylic acids is 1. The number of rotatable bonds is 6. The Morgan fingerprint density at radius 2 is 1.86 bits per heavy atom. The first-order valence-corrected chi connectivity index (χ1v) is 7.15. The van der Waals surface area contributed by atoms with E-state index in [2.05, 4.69) is 0 Å². The minimum absolute atomic E-state index is 0.305. The molecule has 0 radical (unpaired) electrons. The summed E-state index contributed by atoms with van der Waals surface area (Å²) >= 11 is 5.68. The Morgan fingerprint density at radius 1 is 1.19 bits per heavy atom. The van der Waals surface area contributed by atoms with Crippen LogP contribution in [0.3, 0.4) is 0 Å². The molecule has 2 aromatic carbocycles. The van der Waals surface area contributed by atoms with E-state index >= 15 is 0 Å². The van der Waals surface area contributed by atoms with Gasteiger partial charge < -0.3 is 4.74 Å². The average molecular weight is 307 g/mol. The van der Waals surface area contributed by atoms with Crippen LogP contribution in [0.25, 0.3) is 0 Å². The molecule has 0 heterocycles. The molecule has 0 saturated heterocycles. The van der Waals surface area contributed by atoms with Gasteiger partial charge in [-0.2, -0.15) is 0 Å². The molecule has 2 rings (SSSR count). The molecule has 0 fully saturated rings. The summed E-state index contributed by atoms with van der Waals surface area (Å²) in [4.78, 5) is 11.7. The Labute approximate surface area is 128 Å². The van der Waals surface area contributed by atoms with Gasteiger partial charge in [-0.05, 0) is 48.2 Å². The zero-order valence-electron chi connectivity index (χ0n) is 11.7. The molecule has 0 N–H and O–H groups in total. The van der Waals surface area contributed by atoms with Crippen LogP contribution in [-0.2, 0) is 11.2 Å². The van der Waals surface area contributed by atoms with Crippen molar-refractivity contribution in [2.24, 2.45) is 0 Å². The van der Waals surface area contributed by atoms with Crippen LogP contribution >= 0.6 is 11.6 Å². The second-order valence-electron chi connectivity index (χ2n) is 4.62. The van der Waals surface area contributed by atoms with Gasteiger partial charge in [0.15, 0.2) is 0 Å². The summed E-state index contributed by atoms with van der Waals surface area (Å²) < 4.78 is 19.4. The van der Waals surface area contributed by atoms with E-state index in [1.807, 2.05) is 31.2 Å². The lowest BCUT2D eigenvalue weighted by atomic mass is 9.92. The zero-order chi connectivity index (χ0) is 15.2. The first-order valence-electron chi connectivity index (χ1n) is 6.78. The van der Waals surface area contributed by atoms with Crippen LogP contribution < -0.4 is 4.74 Å². The molecule has 0 aliphatic carbocycles. The average Bonchev–Trinajstić information content (AvgIpc) is 2.47. The molecule has 2 aromatic rings. The Bertz CT molecular complexity index is 628. The third-order valence-corrected chi connectivity index (χ3v) is 3.51. The Balaban J connectivity index is 2.34. The number of hydrogen-bond donors (Lipinski definition) is 0. The van der Waals surface area contributed by atoms with E-state index in [9.17, 15) is 9.18 Å². The Morgan fingerprint density at radius 3 is 2.52 bits per heavy atom. The number of halogens is 2. The van der Waals surface area contributed by atoms with Crippen LogP contribution in [0.15, 0.2) is 48.5 Å². The predicted molar refractivity (Wildman–Crippen MR) is 81.3 cm³/mol. The quantitative estimate of drug-likeness (QED) is 0.743. The van der Waals surface area contributed by atoms with Crippen LogP contribution in [-0.4, -0.2) is 11.8 Å². The largest absolute Gasteiger partial charge is 0.494 e. The fourth-order valence-electron chi connectivity index (χ4n) is 2.26. The highest BCUT2D eigenvalue weighted by Gasteiger charge is 2.23. The molecule has 0 aliphatic rings. The van der Waals surface area contributed by atoms with Crippen LogP contribution in [0, 0.1) is 5.82 Å². The van der Waals surface area contributed by atoms with Gasteiger partial charge in [0.2, 0.25) is 5.24 Å². The van der Waals surface area contributed by atoms with E-state index in [0.29, 0.717) is 24.3 Å². The lowest BCUT2D eigenvalue weighted by Crippen LogP contribution is -2.13. The van der Waals surface area contributed by atoms with Gasteiger partial charge in [-0.1, -0.05) is 36.4 Å². The second kappa shape index (κ2) is 7.23. The van der Waals surface area contributed by atoms with Gasteiger partial charge in [-0.15, -0.1) is 0 Å². The minimum atomic E-state index is -0.727. The molecular formula is C17H16ClFO2. The normalized spacial score (nSPS) is 12.0. The first-order chi connectivity index (χ1) is 10.1. The van der Waals surface area contributed by atoms with Crippen molar-refractivity contribution in [2.75, 3.05) is 6.61 Å². The predicted octanol–water partition coefficient (Wildman–Crippen LogP) is 4.32. The molecule has 1 unspecified atom stereocenters. The van der Waals surface area contributed by atoms with E-state index in [0.717, 1.165) is 5.56 Å². The Kier molecular flexibility index (Phi) is 5.34. The maximum absolute atomic E-state index is 13.9. The van der Waals surface area contributed by atoms with Gasteiger partial charge in [0.25, 0.3) is 0 Å². The van der Waals surface area contributed by atoms with E-state index in [-0.39, 0.29) is 0 Å². The third-order valence-electron chi connectivity index (χ3n) is 3.25. The maximum Gasteiger partial charge on any atom is 0.229 e. The van der Waals surface area contributed by atoms with Crippen molar-refractivity contribution in [3.05, 3.63) is 65.5 Å². The molecule has 0 saturated carbocycles. The number of carbonyl (C=O) groups is 1. The van der Waals surface area contributed by atoms with Crippen LogP contribution in [0.2, 0.25) is 0 Å². The summed E-state index contributed by atoms with van der Waals surface area (Å²) in [6.45, 7) is 2.41. The molecule has 0 amide bonds. The Hall–Kier alpha value is -1.87. The summed E-state index contributed by atoms with van der Waals surface area (Å²) in [5, 5.41) is -0.577. The number of hydrogen-bond acceptors (Lipinski definition) is 2. The van der Waals surface area contributed by atoms with Crippen molar-refractivity contribution in [1.29, 1.82) is 0 Å². The first kappa shape index (κ1) is 15.5. The third kappa shape index (κ3) is 3.82. The van der Waals surface area contributed by atoms with E-state index in [4.69, 9.17) is 16.3 Å². The molecule has 4 heteroatoms. The van der Waals surface area contributed by atoms with Gasteiger partial charge in [0.05, 0.1) is 12.5 Å². The van der Waals surface area contributed by atoms with Crippen molar-refractivity contribution in [2.45, 2.75) is 19.3 Å². The number of para-hydroxylation sites is 1. The molecule has 1 atom stereocenters. The van der Waals surface area contributed by atoms with Gasteiger partial charge in [-0.25, -0.2) is 4.39 Å². The molecule has 110 valence electrons. The molecule has 0 spiro atoms. The standard InChI is InChI=1S/C17H16ClFO2/c1-2-21-16-10-6-3-7-12(16)11-14(17(18)20)13-8-4-5-9-15(13)19/h3-10,14H,2,11H2,1H3. The molecule has 2 nitrogen and oxygen atoms in total. The van der Waals surface area contributed by atoms with Crippen molar-refractivity contribution >= 4 is 16.8 Å².